The number of carbonyl (C=O) groups excluding carboxylic acids is 1. The molecule has 2 fully saturated rings. The fourth-order valence-corrected chi connectivity index (χ4v) is 3.63. The number of ether oxygens (including phenoxy) is 4. The van der Waals surface area contributed by atoms with E-state index in [0.717, 1.165) is 14.0 Å². The molecule has 0 spiro atoms. The molecule has 2 rings (SSSR count). The van der Waals surface area contributed by atoms with Crippen LogP contribution in [-0.2, 0) is 43.1 Å². The molecule has 2 saturated heterocycles. The summed E-state index contributed by atoms with van der Waals surface area (Å²) >= 11 is 0. The molecule has 6 N–H and O–H groups in total. The summed E-state index contributed by atoms with van der Waals surface area (Å²) < 4.78 is 56.0. The Labute approximate surface area is 170 Å². The predicted molar refractivity (Wildman–Crippen MR) is 90.0 cm³/mol. The summed E-state index contributed by atoms with van der Waals surface area (Å²) in [5, 5.41) is 42.0. The van der Waals surface area contributed by atoms with E-state index in [1.807, 2.05) is 0 Å². The third kappa shape index (κ3) is 5.82. The van der Waals surface area contributed by atoms with Crippen molar-refractivity contribution in [3.8, 4) is 0 Å². The van der Waals surface area contributed by atoms with Gasteiger partial charge >= 0.3 is 16.4 Å². The van der Waals surface area contributed by atoms with Crippen molar-refractivity contribution in [3.63, 3.8) is 0 Å². The van der Waals surface area contributed by atoms with Crippen molar-refractivity contribution in [3.05, 3.63) is 0 Å². The van der Waals surface area contributed by atoms with Crippen LogP contribution in [0.5, 0.6) is 0 Å². The molecule has 0 aromatic carbocycles. The molecule has 0 bridgehead atoms. The van der Waals surface area contributed by atoms with Gasteiger partial charge in [0.15, 0.2) is 18.7 Å². The Morgan fingerprint density at radius 3 is 2.27 bits per heavy atom. The zero-order valence-corrected chi connectivity index (χ0v) is 16.5. The van der Waals surface area contributed by atoms with E-state index in [0.29, 0.717) is 0 Å². The molecule has 0 aromatic heterocycles. The number of aliphatic hydroxyl groups excluding tert-OH is 3. The Hall–Kier alpha value is -1.47. The molecule has 2 aliphatic heterocycles. The Balaban J connectivity index is 2.33. The van der Waals surface area contributed by atoms with Crippen LogP contribution in [0, 0.1) is 0 Å². The van der Waals surface area contributed by atoms with Crippen molar-refractivity contribution in [2.75, 3.05) is 13.7 Å². The van der Waals surface area contributed by atoms with E-state index in [4.69, 9.17) is 23.5 Å². The molecular weight excluding hydrogens is 438 g/mol. The first kappa shape index (κ1) is 24.8. The zero-order valence-electron chi connectivity index (χ0n) is 15.7. The lowest BCUT2D eigenvalue weighted by Crippen LogP contribution is -2.66. The SMILES string of the molecule is CO[C@@H]1C(C(=O)O)O[C@@H](O[C@@H]2C(NC(C)=O)[C@H](O)OC[C@@H]2OS(=O)(=O)O)C(O)[C@H]1O. The van der Waals surface area contributed by atoms with E-state index in [1.54, 1.807) is 0 Å². The number of carboxylic acid groups (broad SMARTS) is 1. The van der Waals surface area contributed by atoms with Crippen molar-refractivity contribution in [2.45, 2.75) is 62.2 Å². The molecule has 2 aliphatic rings. The van der Waals surface area contributed by atoms with Gasteiger partial charge in [-0.15, -0.1) is 0 Å². The number of carbonyl (C=O) groups is 2. The second-order valence-electron chi connectivity index (χ2n) is 6.56. The van der Waals surface area contributed by atoms with Crippen LogP contribution in [-0.4, -0.2) is 114 Å². The molecule has 174 valence electrons. The van der Waals surface area contributed by atoms with Gasteiger partial charge in [0, 0.05) is 14.0 Å². The smallest absolute Gasteiger partial charge is 0.397 e. The molecule has 3 unspecified atom stereocenters. The van der Waals surface area contributed by atoms with E-state index in [2.05, 4.69) is 9.50 Å². The highest BCUT2D eigenvalue weighted by Crippen LogP contribution is 2.29. The second-order valence-corrected chi connectivity index (χ2v) is 7.61. The molecule has 9 atom stereocenters. The largest absolute Gasteiger partial charge is 0.479 e. The minimum atomic E-state index is -5.05. The van der Waals surface area contributed by atoms with Gasteiger partial charge in [-0.25, -0.2) is 8.98 Å². The summed E-state index contributed by atoms with van der Waals surface area (Å²) in [6, 6.07) is -1.49. The van der Waals surface area contributed by atoms with Crippen molar-refractivity contribution >= 4 is 22.3 Å². The van der Waals surface area contributed by atoms with Gasteiger partial charge in [0.25, 0.3) is 0 Å². The van der Waals surface area contributed by atoms with Crippen LogP contribution in [0.25, 0.3) is 0 Å². The summed E-state index contributed by atoms with van der Waals surface area (Å²) in [6.07, 6.45) is -13.8. The zero-order chi connectivity index (χ0) is 22.8. The highest BCUT2D eigenvalue weighted by atomic mass is 32.3. The van der Waals surface area contributed by atoms with Crippen molar-refractivity contribution in [2.24, 2.45) is 0 Å². The summed E-state index contributed by atoms with van der Waals surface area (Å²) in [6.45, 7) is 0.423. The highest BCUT2D eigenvalue weighted by Gasteiger charge is 2.52. The van der Waals surface area contributed by atoms with E-state index >= 15 is 0 Å². The van der Waals surface area contributed by atoms with Gasteiger partial charge in [0.05, 0.1) is 6.61 Å². The highest BCUT2D eigenvalue weighted by molar-refractivity contribution is 7.80. The minimum absolute atomic E-state index is 0.643. The van der Waals surface area contributed by atoms with Crippen molar-refractivity contribution in [1.29, 1.82) is 0 Å². The number of rotatable bonds is 7. The maximum Gasteiger partial charge on any atom is 0.397 e. The van der Waals surface area contributed by atoms with Gasteiger partial charge in [0.1, 0.15) is 36.6 Å². The maximum atomic E-state index is 11.5. The summed E-state index contributed by atoms with van der Waals surface area (Å²) in [5.41, 5.74) is 0. The molecule has 16 heteroatoms. The van der Waals surface area contributed by atoms with Crippen molar-refractivity contribution in [1.82, 2.24) is 5.32 Å². The first-order chi connectivity index (χ1) is 13.9. The van der Waals surface area contributed by atoms with E-state index < -0.39 is 84.1 Å². The number of aliphatic hydroxyl groups is 3. The normalized spacial score (nSPS) is 40.0. The lowest BCUT2D eigenvalue weighted by atomic mass is 9.97. The van der Waals surface area contributed by atoms with Crippen LogP contribution in [0.4, 0.5) is 0 Å². The quantitative estimate of drug-likeness (QED) is 0.198. The van der Waals surface area contributed by atoms with Gasteiger partial charge < -0.3 is 44.7 Å². The minimum Gasteiger partial charge on any atom is -0.479 e. The Kier molecular flexibility index (Phi) is 8.08. The van der Waals surface area contributed by atoms with Crippen LogP contribution >= 0.6 is 0 Å². The van der Waals surface area contributed by atoms with Crippen molar-refractivity contribution < 1.29 is 66.1 Å². The summed E-state index contributed by atoms with van der Waals surface area (Å²) in [4.78, 5) is 22.9. The van der Waals surface area contributed by atoms with Gasteiger partial charge in [-0.1, -0.05) is 0 Å². The molecule has 2 heterocycles. The summed E-state index contributed by atoms with van der Waals surface area (Å²) in [5.74, 6) is -2.26. The van der Waals surface area contributed by atoms with Gasteiger partial charge in [-0.2, -0.15) is 8.42 Å². The molecule has 15 nitrogen and oxygen atoms in total. The number of hydrogen-bond acceptors (Lipinski definition) is 12. The standard InChI is InChI=1S/C14H23NO14S/c1-4(16)15-6-9(5(3-26-13(6)21)29-30(22,23)24)27-14-8(18)7(17)10(25-2)11(28-14)12(19)20/h5-11,13-14,17-18,21H,3H2,1-2H3,(H,15,16)(H,19,20)(H,22,23,24)/t5-,6?,7+,8?,9-,10-,11?,13+,14+/m0/s1. The van der Waals surface area contributed by atoms with Crippen LogP contribution in [0.15, 0.2) is 0 Å². The third-order valence-corrected chi connectivity index (χ3v) is 4.92. The number of aliphatic carboxylic acids is 1. The predicted octanol–water partition coefficient (Wildman–Crippen LogP) is -4.04. The molecule has 1 amide bonds. The lowest BCUT2D eigenvalue weighted by Gasteiger charge is -2.45. The van der Waals surface area contributed by atoms with E-state index in [-0.39, 0.29) is 0 Å². The average Bonchev–Trinajstić information content (AvgIpc) is 2.62. The van der Waals surface area contributed by atoms with Crippen LogP contribution in [0.2, 0.25) is 0 Å². The first-order valence-corrected chi connectivity index (χ1v) is 9.87. The average molecular weight is 461 g/mol. The van der Waals surface area contributed by atoms with Gasteiger partial charge in [-0.05, 0) is 0 Å². The molecule has 0 saturated carbocycles. The molecule has 0 radical (unpaired) electrons. The third-order valence-electron chi connectivity index (χ3n) is 4.43. The van der Waals surface area contributed by atoms with Gasteiger partial charge in [0.2, 0.25) is 5.91 Å². The number of hydrogen-bond donors (Lipinski definition) is 6. The summed E-state index contributed by atoms with van der Waals surface area (Å²) in [7, 11) is -3.97. The molecular formula is C14H23NO14S. The Morgan fingerprint density at radius 1 is 1.13 bits per heavy atom. The topological polar surface area (TPSA) is 228 Å². The number of methoxy groups -OCH3 is 1. The van der Waals surface area contributed by atoms with Crippen LogP contribution in [0.3, 0.4) is 0 Å². The maximum absolute atomic E-state index is 11.5. The molecule has 0 aromatic rings. The lowest BCUT2D eigenvalue weighted by molar-refractivity contribution is -0.328. The van der Waals surface area contributed by atoms with Crippen LogP contribution < -0.4 is 5.32 Å². The Bertz CT molecular complexity index is 730. The number of amides is 1. The van der Waals surface area contributed by atoms with E-state index in [9.17, 15) is 38.4 Å². The fraction of sp³-hybridized carbons (Fsp3) is 0.857. The number of carboxylic acids is 1. The monoisotopic (exact) mass is 461 g/mol. The fourth-order valence-electron chi connectivity index (χ4n) is 3.15. The first-order valence-electron chi connectivity index (χ1n) is 8.50. The molecule has 0 aliphatic carbocycles. The van der Waals surface area contributed by atoms with Crippen LogP contribution in [0.1, 0.15) is 6.92 Å². The molecule has 30 heavy (non-hydrogen) atoms. The Morgan fingerprint density at radius 2 is 1.77 bits per heavy atom. The second kappa shape index (κ2) is 9.77. The van der Waals surface area contributed by atoms with Gasteiger partial charge in [-0.3, -0.25) is 9.35 Å². The number of nitrogens with one attached hydrogen (secondary N) is 1. The van der Waals surface area contributed by atoms with E-state index in [1.165, 1.54) is 0 Å².